The summed E-state index contributed by atoms with van der Waals surface area (Å²) >= 11 is 0. The largest absolute Gasteiger partial charge is 0.357 e. The van der Waals surface area contributed by atoms with Gasteiger partial charge in [0.2, 0.25) is 5.89 Å². The van der Waals surface area contributed by atoms with Crippen molar-refractivity contribution in [1.29, 1.82) is 0 Å². The molecule has 2 N–H and O–H groups in total. The highest BCUT2D eigenvalue weighted by atomic mass is 16.5. The van der Waals surface area contributed by atoms with E-state index < -0.39 is 0 Å². The highest BCUT2D eigenvalue weighted by Gasteiger charge is 2.21. The van der Waals surface area contributed by atoms with Gasteiger partial charge >= 0.3 is 0 Å². The number of hydrogen-bond acceptors (Lipinski definition) is 4. The number of hydrogen-bond donors (Lipinski definition) is 2. The fraction of sp³-hybridized carbons (Fsp3) is 0.812. The summed E-state index contributed by atoms with van der Waals surface area (Å²) in [6, 6.07) is 0. The van der Waals surface area contributed by atoms with Gasteiger partial charge in [0.1, 0.15) is 6.54 Å². The van der Waals surface area contributed by atoms with Gasteiger partial charge in [-0.2, -0.15) is 4.98 Å². The van der Waals surface area contributed by atoms with Crippen molar-refractivity contribution in [2.75, 3.05) is 13.1 Å². The Morgan fingerprint density at radius 3 is 2.55 bits per heavy atom. The molecule has 6 nitrogen and oxygen atoms in total. The average Bonchev–Trinajstić information content (AvgIpc) is 2.89. The molecule has 1 heterocycles. The monoisotopic (exact) mass is 309 g/mol. The Morgan fingerprint density at radius 2 is 2.00 bits per heavy atom. The second kappa shape index (κ2) is 8.76. The first-order valence-corrected chi connectivity index (χ1v) is 8.18. The summed E-state index contributed by atoms with van der Waals surface area (Å²) in [6.07, 6.45) is 2.35. The number of aromatic nitrogens is 2. The second-order valence-electron chi connectivity index (χ2n) is 6.92. The lowest BCUT2D eigenvalue weighted by atomic mass is 9.97. The van der Waals surface area contributed by atoms with E-state index in [4.69, 9.17) is 4.52 Å². The molecule has 1 rings (SSSR count). The lowest BCUT2D eigenvalue weighted by molar-refractivity contribution is 0.318. The minimum atomic E-state index is -0.130. The third kappa shape index (κ3) is 6.91. The SMILES string of the molecule is CCNC(=NCc1noc(C(C)(C)C)n1)NCCCC(C)C. The Kier molecular flexibility index (Phi) is 7.35. The molecule has 1 aromatic rings. The highest BCUT2D eigenvalue weighted by Crippen LogP contribution is 2.19. The summed E-state index contributed by atoms with van der Waals surface area (Å²) in [6.45, 7) is 14.8. The van der Waals surface area contributed by atoms with Gasteiger partial charge in [0.15, 0.2) is 11.8 Å². The summed E-state index contributed by atoms with van der Waals surface area (Å²) in [4.78, 5) is 8.90. The highest BCUT2D eigenvalue weighted by molar-refractivity contribution is 5.79. The number of aliphatic imine (C=N–C) groups is 1. The van der Waals surface area contributed by atoms with Crippen molar-refractivity contribution < 1.29 is 4.52 Å². The van der Waals surface area contributed by atoms with E-state index in [0.717, 1.165) is 31.4 Å². The number of nitrogens with zero attached hydrogens (tertiary/aromatic N) is 3. The van der Waals surface area contributed by atoms with Gasteiger partial charge in [0, 0.05) is 18.5 Å². The van der Waals surface area contributed by atoms with E-state index in [-0.39, 0.29) is 5.41 Å². The molecule has 0 atom stereocenters. The van der Waals surface area contributed by atoms with Crippen molar-refractivity contribution in [2.24, 2.45) is 10.9 Å². The van der Waals surface area contributed by atoms with E-state index in [1.807, 2.05) is 20.8 Å². The molecule has 0 aliphatic heterocycles. The van der Waals surface area contributed by atoms with Crippen LogP contribution in [0.15, 0.2) is 9.52 Å². The van der Waals surface area contributed by atoms with Gasteiger partial charge in [-0.25, -0.2) is 4.99 Å². The molecule has 0 radical (unpaired) electrons. The third-order valence-electron chi connectivity index (χ3n) is 3.08. The van der Waals surface area contributed by atoms with Crippen LogP contribution in [0.5, 0.6) is 0 Å². The van der Waals surface area contributed by atoms with E-state index in [1.165, 1.54) is 6.42 Å². The Bertz CT molecular complexity index is 459. The number of rotatable bonds is 7. The molecule has 0 bridgehead atoms. The van der Waals surface area contributed by atoms with Crippen molar-refractivity contribution in [1.82, 2.24) is 20.8 Å². The van der Waals surface area contributed by atoms with Crippen LogP contribution in [0.1, 0.15) is 66.1 Å². The maximum absolute atomic E-state index is 5.28. The molecule has 0 saturated heterocycles. The van der Waals surface area contributed by atoms with E-state index in [0.29, 0.717) is 18.3 Å². The normalized spacial score (nSPS) is 12.8. The van der Waals surface area contributed by atoms with Crippen LogP contribution in [-0.2, 0) is 12.0 Å². The Labute approximate surface area is 134 Å². The molecule has 0 aliphatic rings. The molecular formula is C16H31N5O. The summed E-state index contributed by atoms with van der Waals surface area (Å²) in [5.74, 6) is 2.79. The van der Waals surface area contributed by atoms with Gasteiger partial charge in [0.05, 0.1) is 0 Å². The minimum Gasteiger partial charge on any atom is -0.357 e. The van der Waals surface area contributed by atoms with Crippen molar-refractivity contribution in [2.45, 2.75) is 66.3 Å². The molecular weight excluding hydrogens is 278 g/mol. The zero-order valence-corrected chi connectivity index (χ0v) is 14.9. The number of nitrogens with one attached hydrogen (secondary N) is 2. The van der Waals surface area contributed by atoms with Gasteiger partial charge in [-0.1, -0.05) is 39.8 Å². The Balaban J connectivity index is 2.52. The topological polar surface area (TPSA) is 75.3 Å². The van der Waals surface area contributed by atoms with Crippen LogP contribution in [0.25, 0.3) is 0 Å². The van der Waals surface area contributed by atoms with Crippen LogP contribution in [0.3, 0.4) is 0 Å². The molecule has 0 aliphatic carbocycles. The lowest BCUT2D eigenvalue weighted by Crippen LogP contribution is -2.37. The predicted molar refractivity (Wildman–Crippen MR) is 89.9 cm³/mol. The van der Waals surface area contributed by atoms with Crippen LogP contribution < -0.4 is 10.6 Å². The number of guanidine groups is 1. The predicted octanol–water partition coefficient (Wildman–Crippen LogP) is 2.86. The molecule has 0 amide bonds. The van der Waals surface area contributed by atoms with Crippen LogP contribution in [0.4, 0.5) is 0 Å². The molecule has 1 aromatic heterocycles. The Hall–Kier alpha value is -1.59. The van der Waals surface area contributed by atoms with Gasteiger partial charge in [-0.15, -0.1) is 0 Å². The second-order valence-corrected chi connectivity index (χ2v) is 6.92. The summed E-state index contributed by atoms with van der Waals surface area (Å²) in [5.41, 5.74) is -0.130. The van der Waals surface area contributed by atoms with Crippen molar-refractivity contribution in [3.8, 4) is 0 Å². The Morgan fingerprint density at radius 1 is 1.27 bits per heavy atom. The molecule has 0 spiro atoms. The van der Waals surface area contributed by atoms with Gasteiger partial charge in [0.25, 0.3) is 0 Å². The van der Waals surface area contributed by atoms with Gasteiger partial charge < -0.3 is 15.2 Å². The van der Waals surface area contributed by atoms with Crippen LogP contribution >= 0.6 is 0 Å². The summed E-state index contributed by atoms with van der Waals surface area (Å²) < 4.78 is 5.28. The smallest absolute Gasteiger partial charge is 0.232 e. The lowest BCUT2D eigenvalue weighted by Gasteiger charge is -2.11. The van der Waals surface area contributed by atoms with Gasteiger partial charge in [-0.3, -0.25) is 0 Å². The maximum atomic E-state index is 5.28. The molecule has 126 valence electrons. The standard InChI is InChI=1S/C16H31N5O/c1-7-17-15(18-10-8-9-12(2)3)19-11-13-20-14(22-21-13)16(4,5)6/h12H,7-11H2,1-6H3,(H2,17,18,19). The summed E-state index contributed by atoms with van der Waals surface area (Å²) in [7, 11) is 0. The third-order valence-corrected chi connectivity index (χ3v) is 3.08. The van der Waals surface area contributed by atoms with E-state index in [9.17, 15) is 0 Å². The van der Waals surface area contributed by atoms with Crippen molar-refractivity contribution in [3.05, 3.63) is 11.7 Å². The van der Waals surface area contributed by atoms with E-state index in [1.54, 1.807) is 0 Å². The molecule has 6 heteroatoms. The molecule has 0 saturated carbocycles. The average molecular weight is 309 g/mol. The quantitative estimate of drug-likeness (QED) is 0.460. The summed E-state index contributed by atoms with van der Waals surface area (Å²) in [5, 5.41) is 10.6. The fourth-order valence-corrected chi connectivity index (χ4v) is 1.83. The van der Waals surface area contributed by atoms with Crippen molar-refractivity contribution in [3.63, 3.8) is 0 Å². The van der Waals surface area contributed by atoms with Crippen LogP contribution in [-0.4, -0.2) is 29.2 Å². The zero-order valence-electron chi connectivity index (χ0n) is 14.9. The molecule has 22 heavy (non-hydrogen) atoms. The van der Waals surface area contributed by atoms with Crippen LogP contribution in [0.2, 0.25) is 0 Å². The minimum absolute atomic E-state index is 0.130. The first-order valence-electron chi connectivity index (χ1n) is 8.18. The van der Waals surface area contributed by atoms with Crippen LogP contribution in [0, 0.1) is 5.92 Å². The molecule has 0 aromatic carbocycles. The van der Waals surface area contributed by atoms with Crippen molar-refractivity contribution >= 4 is 5.96 Å². The maximum Gasteiger partial charge on any atom is 0.232 e. The first kappa shape index (κ1) is 18.5. The van der Waals surface area contributed by atoms with E-state index >= 15 is 0 Å². The van der Waals surface area contributed by atoms with Gasteiger partial charge in [-0.05, 0) is 25.7 Å². The molecule has 0 fully saturated rings. The fourth-order valence-electron chi connectivity index (χ4n) is 1.83. The molecule has 0 unspecified atom stereocenters. The zero-order chi connectivity index (χ0) is 16.6. The first-order chi connectivity index (χ1) is 10.3. The van der Waals surface area contributed by atoms with E-state index in [2.05, 4.69) is 46.5 Å².